The van der Waals surface area contributed by atoms with Gasteiger partial charge in [-0.1, -0.05) is 17.3 Å². The van der Waals surface area contributed by atoms with Crippen molar-refractivity contribution < 1.29 is 14.5 Å². The Hall–Kier alpha value is -3.04. The fourth-order valence-corrected chi connectivity index (χ4v) is 2.46. The van der Waals surface area contributed by atoms with Gasteiger partial charge < -0.3 is 15.0 Å². The van der Waals surface area contributed by atoms with Crippen LogP contribution >= 0.6 is 0 Å². The molecule has 0 unspecified atom stereocenters. The molecular formula is C15H12BN5O3. The lowest BCUT2D eigenvalue weighted by Gasteiger charge is -2.05. The average Bonchev–Trinajstić information content (AvgIpc) is 3.24. The van der Waals surface area contributed by atoms with E-state index in [1.807, 2.05) is 12.1 Å². The zero-order chi connectivity index (χ0) is 16.5. The molecule has 0 fully saturated rings. The predicted octanol–water partition coefficient (Wildman–Crippen LogP) is 0.132. The molecule has 0 radical (unpaired) electrons. The Morgan fingerprint density at radius 3 is 3.08 bits per heavy atom. The molecule has 9 heteroatoms. The van der Waals surface area contributed by atoms with Gasteiger partial charge in [-0.25, -0.2) is 9.67 Å². The molecule has 24 heavy (non-hydrogen) atoms. The number of anilines is 1. The highest BCUT2D eigenvalue weighted by atomic mass is 16.5. The maximum atomic E-state index is 12.3. The summed E-state index contributed by atoms with van der Waals surface area (Å²) in [4.78, 5) is 16.4. The summed E-state index contributed by atoms with van der Waals surface area (Å²) in [5.74, 6) is 0.174. The van der Waals surface area contributed by atoms with Crippen LogP contribution in [0.25, 0.3) is 5.82 Å². The predicted molar refractivity (Wildman–Crippen MR) is 85.9 cm³/mol. The molecule has 0 bridgehead atoms. The minimum absolute atomic E-state index is 0.165. The first-order chi connectivity index (χ1) is 11.7. The van der Waals surface area contributed by atoms with E-state index in [2.05, 4.69) is 20.6 Å². The van der Waals surface area contributed by atoms with E-state index in [0.717, 1.165) is 5.56 Å². The van der Waals surface area contributed by atoms with Crippen molar-refractivity contribution in [3.8, 4) is 5.82 Å². The van der Waals surface area contributed by atoms with Crippen LogP contribution in [0.5, 0.6) is 0 Å². The highest BCUT2D eigenvalue weighted by Gasteiger charge is 2.27. The third-order valence-electron chi connectivity index (χ3n) is 3.68. The van der Waals surface area contributed by atoms with Gasteiger partial charge in [0, 0.05) is 11.9 Å². The number of pyridine rings is 1. The Bertz CT molecular complexity index is 899. The van der Waals surface area contributed by atoms with E-state index in [4.69, 9.17) is 4.65 Å². The quantitative estimate of drug-likeness (QED) is 0.665. The molecule has 0 spiro atoms. The van der Waals surface area contributed by atoms with Crippen LogP contribution in [0.1, 0.15) is 16.1 Å². The number of fused-ring (bicyclic) bond motifs is 1. The molecule has 0 atom stereocenters. The molecule has 118 valence electrons. The Kier molecular flexibility index (Phi) is 3.56. The topological polar surface area (TPSA) is 102 Å². The Morgan fingerprint density at radius 1 is 1.33 bits per heavy atom. The van der Waals surface area contributed by atoms with Gasteiger partial charge >= 0.3 is 7.12 Å². The summed E-state index contributed by atoms with van der Waals surface area (Å²) < 4.78 is 6.56. The molecule has 4 rings (SSSR count). The van der Waals surface area contributed by atoms with Crippen LogP contribution in [0, 0.1) is 0 Å². The van der Waals surface area contributed by atoms with Crippen LogP contribution in [0.3, 0.4) is 0 Å². The van der Waals surface area contributed by atoms with Gasteiger partial charge in [-0.3, -0.25) is 4.79 Å². The third kappa shape index (κ3) is 2.66. The molecule has 3 heterocycles. The van der Waals surface area contributed by atoms with Gasteiger partial charge in [-0.05, 0) is 35.3 Å². The summed E-state index contributed by atoms with van der Waals surface area (Å²) in [6.45, 7) is 0.364. The zero-order valence-electron chi connectivity index (χ0n) is 12.5. The smallest absolute Gasteiger partial charge is 0.423 e. The first kappa shape index (κ1) is 14.6. The molecule has 1 aliphatic heterocycles. The van der Waals surface area contributed by atoms with Crippen LogP contribution in [-0.4, -0.2) is 38.0 Å². The van der Waals surface area contributed by atoms with Crippen LogP contribution in [0.4, 0.5) is 5.69 Å². The lowest BCUT2D eigenvalue weighted by molar-refractivity contribution is 0.102. The molecule has 2 N–H and O–H groups in total. The second-order valence-electron chi connectivity index (χ2n) is 5.27. The van der Waals surface area contributed by atoms with Crippen LogP contribution in [0.2, 0.25) is 0 Å². The number of hydrogen-bond donors (Lipinski definition) is 2. The molecule has 8 nitrogen and oxygen atoms in total. The molecule has 2 aromatic heterocycles. The Labute approximate surface area is 137 Å². The maximum Gasteiger partial charge on any atom is 0.491 e. The van der Waals surface area contributed by atoms with E-state index in [-0.39, 0.29) is 5.69 Å². The van der Waals surface area contributed by atoms with Gasteiger partial charge in [0.1, 0.15) is 0 Å². The summed E-state index contributed by atoms with van der Waals surface area (Å²) >= 11 is 0. The third-order valence-corrected chi connectivity index (χ3v) is 3.68. The first-order valence-corrected chi connectivity index (χ1v) is 7.28. The minimum Gasteiger partial charge on any atom is -0.423 e. The lowest BCUT2D eigenvalue weighted by Crippen LogP contribution is -2.28. The molecule has 1 aromatic carbocycles. The monoisotopic (exact) mass is 321 g/mol. The number of nitrogens with one attached hydrogen (secondary N) is 1. The molecule has 0 saturated heterocycles. The average molecular weight is 321 g/mol. The molecule has 1 aliphatic rings. The van der Waals surface area contributed by atoms with Gasteiger partial charge in [0.25, 0.3) is 5.91 Å². The maximum absolute atomic E-state index is 12.3. The molecule has 1 amide bonds. The van der Waals surface area contributed by atoms with Crippen molar-refractivity contribution in [1.29, 1.82) is 0 Å². The van der Waals surface area contributed by atoms with Crippen molar-refractivity contribution in [2.75, 3.05) is 5.32 Å². The van der Waals surface area contributed by atoms with E-state index >= 15 is 0 Å². The van der Waals surface area contributed by atoms with Crippen molar-refractivity contribution >= 4 is 24.2 Å². The number of rotatable bonds is 3. The highest BCUT2D eigenvalue weighted by Crippen LogP contribution is 2.15. The van der Waals surface area contributed by atoms with Crippen LogP contribution < -0.4 is 10.8 Å². The van der Waals surface area contributed by atoms with Gasteiger partial charge in [0.05, 0.1) is 12.8 Å². The van der Waals surface area contributed by atoms with Gasteiger partial charge in [0.15, 0.2) is 11.5 Å². The van der Waals surface area contributed by atoms with E-state index in [0.29, 0.717) is 23.6 Å². The molecular weight excluding hydrogens is 309 g/mol. The van der Waals surface area contributed by atoms with Crippen molar-refractivity contribution in [3.05, 3.63) is 60.0 Å². The molecule has 0 aliphatic carbocycles. The van der Waals surface area contributed by atoms with E-state index in [9.17, 15) is 9.82 Å². The fourth-order valence-electron chi connectivity index (χ4n) is 2.46. The summed E-state index contributed by atoms with van der Waals surface area (Å²) in [5, 5.41) is 20.2. The normalized spacial score (nSPS) is 13.0. The zero-order valence-corrected chi connectivity index (χ0v) is 12.5. The second kappa shape index (κ2) is 5.87. The standard InChI is InChI=1S/C15H12BN5O3/c22-15(13-8-21(20-19-13)14-3-1-2-6-17-14)18-11-5-4-10-9-24-16(23)12(10)7-11/h1-8,23H,9H2,(H,18,22). The number of aromatic nitrogens is 4. The van der Waals surface area contributed by atoms with Gasteiger partial charge in [-0.15, -0.1) is 5.10 Å². The van der Waals surface area contributed by atoms with Crippen molar-refractivity contribution in [2.45, 2.75) is 6.61 Å². The van der Waals surface area contributed by atoms with E-state index in [1.54, 1.807) is 30.5 Å². The summed E-state index contributed by atoms with van der Waals surface area (Å²) in [5.41, 5.74) is 2.28. The second-order valence-corrected chi connectivity index (χ2v) is 5.27. The molecule has 0 saturated carbocycles. The number of hydrogen-bond acceptors (Lipinski definition) is 6. The van der Waals surface area contributed by atoms with Gasteiger partial charge in [-0.2, -0.15) is 0 Å². The van der Waals surface area contributed by atoms with Gasteiger partial charge in [0.2, 0.25) is 0 Å². The van der Waals surface area contributed by atoms with E-state index < -0.39 is 13.0 Å². The number of benzene rings is 1. The summed E-state index contributed by atoms with van der Waals surface area (Å²) in [6, 6.07) is 10.6. The largest absolute Gasteiger partial charge is 0.491 e. The van der Waals surface area contributed by atoms with E-state index in [1.165, 1.54) is 10.9 Å². The summed E-state index contributed by atoms with van der Waals surface area (Å²) in [6.07, 6.45) is 3.14. The lowest BCUT2D eigenvalue weighted by atomic mass is 9.79. The SMILES string of the molecule is O=C(Nc1ccc2c(c1)B(O)OC2)c1cn(-c2ccccn2)nn1. The number of carbonyl (C=O) groups excluding carboxylic acids is 1. The van der Waals surface area contributed by atoms with Crippen LogP contribution in [0.15, 0.2) is 48.8 Å². The number of carbonyl (C=O) groups is 1. The van der Waals surface area contributed by atoms with Crippen molar-refractivity contribution in [3.63, 3.8) is 0 Å². The summed E-state index contributed by atoms with van der Waals surface area (Å²) in [7, 11) is -0.957. The Morgan fingerprint density at radius 2 is 2.25 bits per heavy atom. The Balaban J connectivity index is 1.53. The number of nitrogens with zero attached hydrogens (tertiary/aromatic N) is 4. The fraction of sp³-hybridized carbons (Fsp3) is 0.0667. The molecule has 3 aromatic rings. The number of amides is 1. The van der Waals surface area contributed by atoms with Crippen molar-refractivity contribution in [2.24, 2.45) is 0 Å². The van der Waals surface area contributed by atoms with Crippen LogP contribution in [-0.2, 0) is 11.3 Å². The van der Waals surface area contributed by atoms with Crippen molar-refractivity contribution in [1.82, 2.24) is 20.0 Å². The minimum atomic E-state index is -0.957. The highest BCUT2D eigenvalue weighted by molar-refractivity contribution is 6.61. The first-order valence-electron chi connectivity index (χ1n) is 7.28.